The van der Waals surface area contributed by atoms with Crippen molar-refractivity contribution >= 4 is 68.2 Å². The van der Waals surface area contributed by atoms with E-state index in [0.29, 0.717) is 15.6 Å². The topological polar surface area (TPSA) is 119 Å². The molecule has 2 saturated heterocycles. The van der Waals surface area contributed by atoms with Crippen molar-refractivity contribution in [3.63, 3.8) is 0 Å². The minimum atomic E-state index is -4.22. The van der Waals surface area contributed by atoms with Crippen molar-refractivity contribution in [3.8, 4) is 0 Å². The molecule has 2 aromatic carbocycles. The van der Waals surface area contributed by atoms with Crippen LogP contribution >= 0.6 is 35.4 Å². The van der Waals surface area contributed by atoms with E-state index in [2.05, 4.69) is 10.6 Å². The molecule has 2 fully saturated rings. The number of rotatable bonds is 3. The molecule has 178 valence electrons. The van der Waals surface area contributed by atoms with E-state index in [4.69, 9.17) is 40.2 Å². The first-order valence-corrected chi connectivity index (χ1v) is 12.9. The summed E-state index contributed by atoms with van der Waals surface area (Å²) in [5.74, 6) is -5.98. The molecule has 4 rings (SSSR count). The number of amides is 2. The summed E-state index contributed by atoms with van der Waals surface area (Å²) in [5.41, 5.74) is -1.43. The molecule has 34 heavy (non-hydrogen) atoms. The van der Waals surface area contributed by atoms with Crippen LogP contribution in [0.5, 0.6) is 0 Å². The van der Waals surface area contributed by atoms with Crippen LogP contribution in [0.1, 0.15) is 23.0 Å². The average Bonchev–Trinajstić information content (AvgIpc) is 2.77. The van der Waals surface area contributed by atoms with E-state index >= 15 is 0 Å². The summed E-state index contributed by atoms with van der Waals surface area (Å²) in [4.78, 5) is 40.3. The molecule has 2 amide bonds. The minimum absolute atomic E-state index is 0.214. The average molecular weight is 541 g/mol. The molecule has 8 nitrogen and oxygen atoms in total. The maximum absolute atomic E-state index is 13.7. The van der Waals surface area contributed by atoms with Gasteiger partial charge in [-0.2, -0.15) is 0 Å². The van der Waals surface area contributed by atoms with Gasteiger partial charge in [0, 0.05) is 21.9 Å². The third-order valence-corrected chi connectivity index (χ3v) is 9.01. The zero-order valence-electron chi connectivity index (χ0n) is 17.6. The lowest BCUT2D eigenvalue weighted by atomic mass is 9.59. The van der Waals surface area contributed by atoms with E-state index in [1.807, 2.05) is 0 Å². The van der Waals surface area contributed by atoms with Crippen LogP contribution in [0.2, 0.25) is 10.0 Å². The first-order valence-electron chi connectivity index (χ1n) is 9.99. The number of benzene rings is 2. The van der Waals surface area contributed by atoms with Crippen molar-refractivity contribution in [1.29, 1.82) is 0 Å². The molecule has 12 heteroatoms. The van der Waals surface area contributed by atoms with Gasteiger partial charge in [-0.15, -0.1) is 0 Å². The summed E-state index contributed by atoms with van der Waals surface area (Å²) in [6, 6.07) is 12.1. The lowest BCUT2D eigenvalue weighted by Crippen LogP contribution is -2.71. The highest BCUT2D eigenvalue weighted by Crippen LogP contribution is 2.56. The highest BCUT2D eigenvalue weighted by atomic mass is 35.5. The molecule has 0 aromatic heterocycles. The summed E-state index contributed by atoms with van der Waals surface area (Å²) >= 11 is 17.0. The van der Waals surface area contributed by atoms with Crippen LogP contribution in [0, 0.1) is 5.41 Å². The number of methoxy groups -OCH3 is 1. The van der Waals surface area contributed by atoms with E-state index in [-0.39, 0.29) is 10.7 Å². The zero-order chi connectivity index (χ0) is 24.8. The largest absolute Gasteiger partial charge is 0.468 e. The van der Waals surface area contributed by atoms with Crippen molar-refractivity contribution < 1.29 is 27.5 Å². The maximum atomic E-state index is 13.7. The fourth-order valence-corrected chi connectivity index (χ4v) is 7.58. The number of thiocarbonyl (C=S) groups is 1. The Morgan fingerprint density at radius 1 is 0.971 bits per heavy atom. The van der Waals surface area contributed by atoms with E-state index in [9.17, 15) is 22.8 Å². The van der Waals surface area contributed by atoms with Crippen molar-refractivity contribution in [2.45, 2.75) is 17.1 Å². The smallest absolute Gasteiger partial charge is 0.324 e. The third-order valence-electron chi connectivity index (χ3n) is 6.27. The molecule has 2 aliphatic heterocycles. The molecule has 3 atom stereocenters. The maximum Gasteiger partial charge on any atom is 0.324 e. The fourth-order valence-electron chi connectivity index (χ4n) is 4.84. The Balaban J connectivity index is 2.08. The Morgan fingerprint density at radius 3 is 1.91 bits per heavy atom. The predicted octanol–water partition coefficient (Wildman–Crippen LogP) is 2.35. The molecule has 0 aliphatic carbocycles. The number of carbonyl (C=O) groups is 3. The van der Waals surface area contributed by atoms with Crippen molar-refractivity contribution in [2.75, 3.05) is 12.9 Å². The number of halogens is 2. The van der Waals surface area contributed by atoms with E-state index in [0.717, 1.165) is 7.11 Å². The zero-order valence-corrected chi connectivity index (χ0v) is 20.7. The van der Waals surface area contributed by atoms with Crippen molar-refractivity contribution in [1.82, 2.24) is 10.6 Å². The first-order chi connectivity index (χ1) is 16.0. The number of ether oxygens (including phenoxy) is 1. The Labute approximate surface area is 210 Å². The van der Waals surface area contributed by atoms with E-state index < -0.39 is 55.9 Å². The SMILES string of the molecule is COC(=O)[C@H]1[C@H](c2ccc(Cl)cc2)C2(C(=O)NC(=S)NC2=O)[C@H](c2ccc(Cl)cc2)CS1(=O)=O. The molecular formula is C22H18Cl2N2O6S2. The Kier molecular flexibility index (Phi) is 6.45. The number of esters is 1. The lowest BCUT2D eigenvalue weighted by Gasteiger charge is -2.50. The van der Waals surface area contributed by atoms with Gasteiger partial charge in [-0.1, -0.05) is 47.5 Å². The van der Waals surface area contributed by atoms with Gasteiger partial charge < -0.3 is 15.4 Å². The van der Waals surface area contributed by atoms with E-state index in [1.54, 1.807) is 12.1 Å². The second kappa shape index (κ2) is 8.92. The molecule has 2 N–H and O–H groups in total. The number of carbonyl (C=O) groups excluding carboxylic acids is 3. The van der Waals surface area contributed by atoms with Crippen molar-refractivity contribution in [3.05, 3.63) is 69.7 Å². The summed E-state index contributed by atoms with van der Waals surface area (Å²) in [6.07, 6.45) is 0. The number of hydrogen-bond acceptors (Lipinski definition) is 7. The fraction of sp³-hybridized carbons (Fsp3) is 0.273. The Bertz CT molecular complexity index is 1280. The van der Waals surface area contributed by atoms with Gasteiger partial charge in [-0.05, 0) is 47.6 Å². The molecule has 2 heterocycles. The molecule has 0 radical (unpaired) electrons. The minimum Gasteiger partial charge on any atom is -0.468 e. The van der Waals surface area contributed by atoms with Gasteiger partial charge in [0.15, 0.2) is 20.2 Å². The van der Waals surface area contributed by atoms with Gasteiger partial charge >= 0.3 is 5.97 Å². The second-order valence-corrected chi connectivity index (χ2v) is 11.5. The second-order valence-electron chi connectivity index (χ2n) is 8.01. The van der Waals surface area contributed by atoms with Crippen LogP contribution in [-0.4, -0.2) is 49.4 Å². The number of hydrogen-bond donors (Lipinski definition) is 2. The monoisotopic (exact) mass is 540 g/mol. The standard InChI is InChI=1S/C22H18Cl2N2O6S2/c1-32-18(27)17-16(12-4-8-14(24)9-5-12)22(19(28)25-21(33)26-20(22)29)15(10-34(17,30)31)11-2-6-13(23)7-3-11/h2-9,15-17H,10H2,1H3,(H2,25,26,28,29,33)/t15-,16-,17+/m0/s1. The molecule has 0 unspecified atom stereocenters. The normalized spacial score (nSPS) is 25.4. The van der Waals surface area contributed by atoms with Crippen LogP contribution < -0.4 is 10.6 Å². The predicted molar refractivity (Wildman–Crippen MR) is 129 cm³/mol. The Morgan fingerprint density at radius 2 is 1.44 bits per heavy atom. The van der Waals surface area contributed by atoms with Gasteiger partial charge in [0.2, 0.25) is 11.8 Å². The van der Waals surface area contributed by atoms with Crippen LogP contribution in [0.25, 0.3) is 0 Å². The third kappa shape index (κ3) is 3.88. The summed E-state index contributed by atoms with van der Waals surface area (Å²) in [5, 5.41) is 3.61. The van der Waals surface area contributed by atoms with Crippen LogP contribution in [0.3, 0.4) is 0 Å². The van der Waals surface area contributed by atoms with Crippen LogP contribution in [-0.2, 0) is 29.0 Å². The molecular weight excluding hydrogens is 523 g/mol. The number of nitrogens with one attached hydrogen (secondary N) is 2. The molecule has 0 bridgehead atoms. The summed E-state index contributed by atoms with van der Waals surface area (Å²) in [7, 11) is -3.17. The van der Waals surface area contributed by atoms with Gasteiger partial charge in [0.05, 0.1) is 12.9 Å². The van der Waals surface area contributed by atoms with Gasteiger partial charge in [-0.25, -0.2) is 8.42 Å². The van der Waals surface area contributed by atoms with Gasteiger partial charge in [0.1, 0.15) is 5.41 Å². The van der Waals surface area contributed by atoms with Gasteiger partial charge in [-0.3, -0.25) is 14.4 Å². The molecule has 1 spiro atoms. The number of sulfone groups is 1. The summed E-state index contributed by atoms with van der Waals surface area (Å²) in [6.45, 7) is 0. The first kappa shape index (κ1) is 24.6. The van der Waals surface area contributed by atoms with E-state index in [1.165, 1.54) is 36.4 Å². The molecule has 2 aliphatic rings. The quantitative estimate of drug-likeness (QED) is 0.348. The lowest BCUT2D eigenvalue weighted by molar-refractivity contribution is -0.150. The molecule has 0 saturated carbocycles. The van der Waals surface area contributed by atoms with Crippen molar-refractivity contribution in [2.24, 2.45) is 5.41 Å². The highest BCUT2D eigenvalue weighted by molar-refractivity contribution is 7.92. The van der Waals surface area contributed by atoms with Crippen LogP contribution in [0.4, 0.5) is 0 Å². The highest BCUT2D eigenvalue weighted by Gasteiger charge is 2.69. The Hall–Kier alpha value is -2.53. The van der Waals surface area contributed by atoms with Crippen LogP contribution in [0.15, 0.2) is 48.5 Å². The molecule has 2 aromatic rings. The summed E-state index contributed by atoms with van der Waals surface area (Å²) < 4.78 is 31.9. The van der Waals surface area contributed by atoms with Gasteiger partial charge in [0.25, 0.3) is 0 Å².